The molecule has 33 heavy (non-hydrogen) atoms. The van der Waals surface area contributed by atoms with Crippen LogP contribution >= 0.6 is 39.1 Å². The maximum atomic E-state index is 12.0. The fourth-order valence-electron chi connectivity index (χ4n) is 3.26. The third-order valence-corrected chi connectivity index (χ3v) is 5.97. The van der Waals surface area contributed by atoms with Gasteiger partial charge in [-0.1, -0.05) is 57.3 Å². The molecule has 0 unspecified atom stereocenters. The van der Waals surface area contributed by atoms with Gasteiger partial charge in [0.1, 0.15) is 5.82 Å². The molecule has 0 saturated heterocycles. The molecule has 1 aromatic heterocycles. The molecule has 0 aliphatic rings. The van der Waals surface area contributed by atoms with Crippen LogP contribution < -0.4 is 0 Å². The van der Waals surface area contributed by atoms with E-state index in [0.717, 1.165) is 21.3 Å². The monoisotopic (exact) mass is 540 g/mol. The number of halogens is 3. The van der Waals surface area contributed by atoms with Crippen molar-refractivity contribution in [1.29, 1.82) is 0 Å². The van der Waals surface area contributed by atoms with E-state index in [2.05, 4.69) is 15.9 Å². The van der Waals surface area contributed by atoms with Gasteiger partial charge in [-0.2, -0.15) is 0 Å². The number of ether oxygens (including phenoxy) is 1. The van der Waals surface area contributed by atoms with Gasteiger partial charge in [-0.3, -0.25) is 4.57 Å². The van der Waals surface area contributed by atoms with Crippen molar-refractivity contribution in [3.63, 3.8) is 0 Å². The molecular weight excluding hydrogens is 523 g/mol. The van der Waals surface area contributed by atoms with Gasteiger partial charge < -0.3 is 4.74 Å². The molecule has 166 valence electrons. The normalized spacial score (nSPS) is 11.2. The zero-order valence-corrected chi connectivity index (χ0v) is 20.7. The molecular formula is C26H19BrCl2N2O2. The number of rotatable bonds is 6. The Balaban J connectivity index is 1.76. The summed E-state index contributed by atoms with van der Waals surface area (Å²) in [5, 5.41) is 1.08. The van der Waals surface area contributed by atoms with E-state index < -0.39 is 0 Å². The Labute approximate surface area is 210 Å². The lowest BCUT2D eigenvalue weighted by Gasteiger charge is -2.07. The molecule has 0 spiro atoms. The van der Waals surface area contributed by atoms with Gasteiger partial charge in [0.25, 0.3) is 0 Å². The third-order valence-electron chi connectivity index (χ3n) is 4.89. The van der Waals surface area contributed by atoms with Crippen LogP contribution in [0.5, 0.6) is 0 Å². The second-order valence-electron chi connectivity index (χ2n) is 7.13. The first-order valence-electron chi connectivity index (χ1n) is 10.2. The minimum Gasteiger partial charge on any atom is -0.462 e. The van der Waals surface area contributed by atoms with Crippen molar-refractivity contribution in [2.75, 3.05) is 6.61 Å². The molecule has 1 heterocycles. The highest BCUT2D eigenvalue weighted by atomic mass is 79.9. The summed E-state index contributed by atoms with van der Waals surface area (Å²) in [6.07, 6.45) is 5.84. The highest BCUT2D eigenvalue weighted by molar-refractivity contribution is 9.10. The molecule has 0 aliphatic carbocycles. The summed E-state index contributed by atoms with van der Waals surface area (Å²) in [6.45, 7) is 2.11. The number of hydrogen-bond acceptors (Lipinski definition) is 3. The summed E-state index contributed by atoms with van der Waals surface area (Å²) >= 11 is 16.0. The van der Waals surface area contributed by atoms with Crippen molar-refractivity contribution >= 4 is 57.3 Å². The Morgan fingerprint density at radius 3 is 2.42 bits per heavy atom. The van der Waals surface area contributed by atoms with E-state index in [1.165, 1.54) is 0 Å². The zero-order chi connectivity index (χ0) is 23.4. The average molecular weight is 542 g/mol. The molecule has 0 N–H and O–H groups in total. The van der Waals surface area contributed by atoms with Gasteiger partial charge in [-0.25, -0.2) is 9.78 Å². The molecule has 0 saturated carbocycles. The van der Waals surface area contributed by atoms with Crippen molar-refractivity contribution < 1.29 is 9.53 Å². The summed E-state index contributed by atoms with van der Waals surface area (Å²) in [7, 11) is 0. The third kappa shape index (κ3) is 5.56. The number of carbonyl (C=O) groups excluding carboxylic acids is 1. The fraction of sp³-hybridized carbons (Fsp3) is 0.0769. The molecule has 0 aliphatic heterocycles. The summed E-state index contributed by atoms with van der Waals surface area (Å²) in [4.78, 5) is 16.8. The average Bonchev–Trinajstić information content (AvgIpc) is 3.23. The van der Waals surface area contributed by atoms with Gasteiger partial charge in [0.15, 0.2) is 0 Å². The maximum Gasteiger partial charge on any atom is 0.338 e. The van der Waals surface area contributed by atoms with Gasteiger partial charge in [0.2, 0.25) is 0 Å². The molecule has 0 atom stereocenters. The minimum absolute atomic E-state index is 0.332. The van der Waals surface area contributed by atoms with E-state index in [-0.39, 0.29) is 5.97 Å². The Morgan fingerprint density at radius 2 is 1.76 bits per heavy atom. The Kier molecular flexibility index (Phi) is 7.33. The summed E-state index contributed by atoms with van der Waals surface area (Å²) in [6, 6.07) is 20.5. The molecule has 0 bridgehead atoms. The fourth-order valence-corrected chi connectivity index (χ4v) is 4.03. The van der Waals surface area contributed by atoms with E-state index >= 15 is 0 Å². The molecule has 4 nitrogen and oxygen atoms in total. The SMILES string of the molecule is CCOC(=O)c1ccc(-n2cc(-c3ccc(Cl)cc3Cl)nc2/C=C/c2ccc(Br)cc2)cc1. The number of esters is 1. The predicted octanol–water partition coefficient (Wildman–Crippen LogP) is 7.96. The first kappa shape index (κ1) is 23.3. The first-order valence-corrected chi connectivity index (χ1v) is 11.8. The molecule has 0 radical (unpaired) electrons. The summed E-state index contributed by atoms with van der Waals surface area (Å²) in [5.41, 5.74) is 3.87. The zero-order valence-electron chi connectivity index (χ0n) is 17.6. The highest BCUT2D eigenvalue weighted by Crippen LogP contribution is 2.31. The second kappa shape index (κ2) is 10.4. The lowest BCUT2D eigenvalue weighted by Crippen LogP contribution is -2.05. The van der Waals surface area contributed by atoms with Crippen molar-refractivity contribution in [3.8, 4) is 16.9 Å². The number of aromatic nitrogens is 2. The molecule has 0 fully saturated rings. The number of nitrogens with zero attached hydrogens (tertiary/aromatic N) is 2. The number of hydrogen-bond donors (Lipinski definition) is 0. The lowest BCUT2D eigenvalue weighted by molar-refractivity contribution is 0.0526. The van der Waals surface area contributed by atoms with Crippen molar-refractivity contribution in [2.24, 2.45) is 0 Å². The molecule has 3 aromatic carbocycles. The smallest absolute Gasteiger partial charge is 0.338 e. The summed E-state index contributed by atoms with van der Waals surface area (Å²) in [5.74, 6) is 0.362. The van der Waals surface area contributed by atoms with Crippen LogP contribution in [0, 0.1) is 0 Å². The quantitative estimate of drug-likeness (QED) is 0.232. The highest BCUT2D eigenvalue weighted by Gasteiger charge is 2.13. The molecule has 4 rings (SSSR count). The second-order valence-corrected chi connectivity index (χ2v) is 8.89. The Bertz CT molecular complexity index is 1310. The van der Waals surface area contributed by atoms with Gasteiger partial charge in [-0.15, -0.1) is 0 Å². The number of benzene rings is 3. The van der Waals surface area contributed by atoms with Gasteiger partial charge in [0, 0.05) is 26.9 Å². The van der Waals surface area contributed by atoms with Gasteiger partial charge >= 0.3 is 5.97 Å². The maximum absolute atomic E-state index is 12.0. The van der Waals surface area contributed by atoms with Crippen molar-refractivity contribution in [1.82, 2.24) is 9.55 Å². The van der Waals surface area contributed by atoms with Crippen molar-refractivity contribution in [2.45, 2.75) is 6.92 Å². The Hall–Kier alpha value is -2.86. The largest absolute Gasteiger partial charge is 0.462 e. The molecule has 7 heteroatoms. The summed E-state index contributed by atoms with van der Waals surface area (Å²) < 4.78 is 8.05. The van der Waals surface area contributed by atoms with Crippen LogP contribution in [-0.4, -0.2) is 22.1 Å². The minimum atomic E-state index is -0.348. The van der Waals surface area contributed by atoms with E-state index in [1.54, 1.807) is 31.2 Å². The van der Waals surface area contributed by atoms with Crippen LogP contribution in [-0.2, 0) is 4.74 Å². The predicted molar refractivity (Wildman–Crippen MR) is 138 cm³/mol. The molecule has 0 amide bonds. The van der Waals surface area contributed by atoms with Crippen LogP contribution in [0.25, 0.3) is 29.1 Å². The lowest BCUT2D eigenvalue weighted by atomic mass is 10.1. The van der Waals surface area contributed by atoms with Crippen LogP contribution in [0.3, 0.4) is 0 Å². The number of imidazole rings is 1. The molecule has 4 aromatic rings. The van der Waals surface area contributed by atoms with E-state index in [1.807, 2.05) is 65.4 Å². The van der Waals surface area contributed by atoms with Crippen LogP contribution in [0.4, 0.5) is 0 Å². The Morgan fingerprint density at radius 1 is 1.03 bits per heavy atom. The van der Waals surface area contributed by atoms with Crippen molar-refractivity contribution in [3.05, 3.63) is 104 Å². The van der Waals surface area contributed by atoms with Gasteiger partial charge in [0.05, 0.1) is 22.9 Å². The number of carbonyl (C=O) groups is 1. The first-order chi connectivity index (χ1) is 15.9. The van der Waals surface area contributed by atoms with Crippen LogP contribution in [0.15, 0.2) is 77.4 Å². The van der Waals surface area contributed by atoms with E-state index in [4.69, 9.17) is 32.9 Å². The standard InChI is InChI=1S/C26H19BrCl2N2O2/c1-2-33-26(32)18-6-11-21(12-7-18)31-16-24(22-13-10-20(28)15-23(22)29)30-25(31)14-5-17-3-8-19(27)9-4-17/h3-16H,2H2,1H3/b14-5+. The van der Waals surface area contributed by atoms with E-state index in [0.29, 0.717) is 33.7 Å². The van der Waals surface area contributed by atoms with E-state index in [9.17, 15) is 4.79 Å². The topological polar surface area (TPSA) is 44.1 Å². The van der Waals surface area contributed by atoms with Crippen LogP contribution in [0.2, 0.25) is 10.0 Å². The van der Waals surface area contributed by atoms with Crippen LogP contribution in [0.1, 0.15) is 28.7 Å². The van der Waals surface area contributed by atoms with Gasteiger partial charge in [-0.05, 0) is 73.2 Å².